The number of carbonyl (C=O) groups is 1. The molecule has 0 saturated carbocycles. The standard InChI is InChI=1S/C21H20N2O6S/c1-13-19(22-21(29-13)14-5-7-16(27-2)8-6-14)20(24)23-30(25,26)17-9-10-18-15(12-17)4-3-11-28-18/h5-10,12H,3-4,11H2,1-2H3,(H,23,24). The number of aromatic nitrogens is 1. The van der Waals surface area contributed by atoms with Gasteiger partial charge in [-0.2, -0.15) is 0 Å². The van der Waals surface area contributed by atoms with Gasteiger partial charge in [-0.3, -0.25) is 4.79 Å². The van der Waals surface area contributed by atoms with Crippen molar-refractivity contribution in [2.24, 2.45) is 0 Å². The number of oxazole rings is 1. The zero-order valence-electron chi connectivity index (χ0n) is 16.5. The predicted octanol–water partition coefficient (Wildman–Crippen LogP) is 3.10. The van der Waals surface area contributed by atoms with Crippen LogP contribution in [0.2, 0.25) is 0 Å². The van der Waals surface area contributed by atoms with Gasteiger partial charge >= 0.3 is 0 Å². The highest BCUT2D eigenvalue weighted by Gasteiger charge is 2.25. The maximum Gasteiger partial charge on any atom is 0.287 e. The van der Waals surface area contributed by atoms with Crippen LogP contribution in [0.25, 0.3) is 11.5 Å². The van der Waals surface area contributed by atoms with E-state index in [9.17, 15) is 13.2 Å². The van der Waals surface area contributed by atoms with Gasteiger partial charge in [0.2, 0.25) is 5.89 Å². The van der Waals surface area contributed by atoms with E-state index in [1.165, 1.54) is 12.1 Å². The Morgan fingerprint density at radius 1 is 1.17 bits per heavy atom. The van der Waals surface area contributed by atoms with Crippen LogP contribution in [0.4, 0.5) is 0 Å². The average Bonchev–Trinajstić information content (AvgIpc) is 3.15. The Kier molecular flexibility index (Phi) is 5.21. The molecule has 0 radical (unpaired) electrons. The molecule has 4 rings (SSSR count). The normalized spacial score (nSPS) is 13.3. The molecule has 1 aromatic heterocycles. The Bertz CT molecular complexity index is 1200. The Balaban J connectivity index is 1.56. The third-order valence-corrected chi connectivity index (χ3v) is 6.09. The van der Waals surface area contributed by atoms with Crippen LogP contribution >= 0.6 is 0 Å². The number of amides is 1. The van der Waals surface area contributed by atoms with Crippen LogP contribution in [0.15, 0.2) is 51.8 Å². The molecule has 2 heterocycles. The van der Waals surface area contributed by atoms with Crippen LogP contribution < -0.4 is 14.2 Å². The molecule has 3 aromatic rings. The van der Waals surface area contributed by atoms with Crippen molar-refractivity contribution in [3.8, 4) is 23.0 Å². The van der Waals surface area contributed by atoms with E-state index in [-0.39, 0.29) is 22.2 Å². The lowest BCUT2D eigenvalue weighted by molar-refractivity contribution is 0.0975. The second-order valence-electron chi connectivity index (χ2n) is 6.81. The number of ether oxygens (including phenoxy) is 2. The minimum Gasteiger partial charge on any atom is -0.497 e. The van der Waals surface area contributed by atoms with Gasteiger partial charge in [-0.1, -0.05) is 0 Å². The van der Waals surface area contributed by atoms with Crippen LogP contribution in [0.3, 0.4) is 0 Å². The molecule has 0 spiro atoms. The van der Waals surface area contributed by atoms with E-state index in [1.54, 1.807) is 44.4 Å². The van der Waals surface area contributed by atoms with Gasteiger partial charge in [0, 0.05) is 5.56 Å². The van der Waals surface area contributed by atoms with Gasteiger partial charge < -0.3 is 13.9 Å². The van der Waals surface area contributed by atoms with Crippen LogP contribution in [-0.2, 0) is 16.4 Å². The molecule has 30 heavy (non-hydrogen) atoms. The summed E-state index contributed by atoms with van der Waals surface area (Å²) >= 11 is 0. The van der Waals surface area contributed by atoms with E-state index < -0.39 is 15.9 Å². The second-order valence-corrected chi connectivity index (χ2v) is 8.49. The number of hydrogen-bond acceptors (Lipinski definition) is 7. The zero-order chi connectivity index (χ0) is 21.3. The molecule has 0 bridgehead atoms. The smallest absolute Gasteiger partial charge is 0.287 e. The molecule has 8 nitrogen and oxygen atoms in total. The number of carbonyl (C=O) groups excluding carboxylic acids is 1. The lowest BCUT2D eigenvalue weighted by Crippen LogP contribution is -2.31. The van der Waals surface area contributed by atoms with Crippen molar-refractivity contribution in [2.45, 2.75) is 24.7 Å². The van der Waals surface area contributed by atoms with E-state index >= 15 is 0 Å². The minimum atomic E-state index is -4.08. The fourth-order valence-corrected chi connectivity index (χ4v) is 4.20. The lowest BCUT2D eigenvalue weighted by Gasteiger charge is -2.17. The van der Waals surface area contributed by atoms with Crippen molar-refractivity contribution in [3.05, 3.63) is 59.5 Å². The average molecular weight is 428 g/mol. The molecule has 1 N–H and O–H groups in total. The van der Waals surface area contributed by atoms with E-state index in [0.29, 0.717) is 23.7 Å². The number of methoxy groups -OCH3 is 1. The Morgan fingerprint density at radius 2 is 1.93 bits per heavy atom. The number of benzene rings is 2. The van der Waals surface area contributed by atoms with Gasteiger partial charge in [0.1, 0.15) is 17.3 Å². The molecule has 0 saturated heterocycles. The summed E-state index contributed by atoms with van der Waals surface area (Å²) < 4.78 is 43.7. The minimum absolute atomic E-state index is 0.00312. The molecule has 0 unspecified atom stereocenters. The Morgan fingerprint density at radius 3 is 2.67 bits per heavy atom. The van der Waals surface area contributed by atoms with Crippen molar-refractivity contribution >= 4 is 15.9 Å². The van der Waals surface area contributed by atoms with Gasteiger partial charge in [0.05, 0.1) is 18.6 Å². The molecular weight excluding hydrogens is 408 g/mol. The highest BCUT2D eigenvalue weighted by atomic mass is 32.2. The molecule has 156 valence electrons. The van der Waals surface area contributed by atoms with Crippen molar-refractivity contribution in [1.29, 1.82) is 0 Å². The van der Waals surface area contributed by atoms with E-state index in [2.05, 4.69) is 9.71 Å². The SMILES string of the molecule is COc1ccc(-c2nc(C(=O)NS(=O)(=O)c3ccc4c(c3)CCCO4)c(C)o2)cc1. The molecule has 0 atom stereocenters. The molecule has 9 heteroatoms. The van der Waals surface area contributed by atoms with Gasteiger partial charge in [-0.05, 0) is 67.8 Å². The van der Waals surface area contributed by atoms with Crippen molar-refractivity contribution in [1.82, 2.24) is 9.71 Å². The number of sulfonamides is 1. The van der Waals surface area contributed by atoms with Crippen molar-refractivity contribution in [3.63, 3.8) is 0 Å². The Labute approximate surface area is 173 Å². The molecule has 0 fully saturated rings. The largest absolute Gasteiger partial charge is 0.497 e. The van der Waals surface area contributed by atoms with Crippen LogP contribution in [0, 0.1) is 6.92 Å². The fourth-order valence-electron chi connectivity index (χ4n) is 3.20. The van der Waals surface area contributed by atoms with Gasteiger partial charge in [0.25, 0.3) is 15.9 Å². The number of hydrogen-bond donors (Lipinski definition) is 1. The van der Waals surface area contributed by atoms with Gasteiger partial charge in [-0.15, -0.1) is 0 Å². The molecule has 1 aliphatic heterocycles. The van der Waals surface area contributed by atoms with E-state index in [0.717, 1.165) is 18.4 Å². The Hall–Kier alpha value is -3.33. The van der Waals surface area contributed by atoms with Crippen LogP contribution in [-0.4, -0.2) is 33.0 Å². The first kappa shape index (κ1) is 20.0. The second kappa shape index (κ2) is 7.83. The summed E-state index contributed by atoms with van der Waals surface area (Å²) in [7, 11) is -2.52. The third kappa shape index (κ3) is 3.88. The van der Waals surface area contributed by atoms with E-state index in [1.807, 2.05) is 0 Å². The number of rotatable bonds is 5. The highest BCUT2D eigenvalue weighted by molar-refractivity contribution is 7.90. The quantitative estimate of drug-likeness (QED) is 0.665. The summed E-state index contributed by atoms with van der Waals surface area (Å²) in [4.78, 5) is 16.8. The van der Waals surface area contributed by atoms with Crippen LogP contribution in [0.5, 0.6) is 11.5 Å². The number of nitrogens with one attached hydrogen (secondary N) is 1. The fraction of sp³-hybridized carbons (Fsp3) is 0.238. The van der Waals surface area contributed by atoms with Gasteiger partial charge in [0.15, 0.2) is 5.69 Å². The molecule has 2 aromatic carbocycles. The summed E-state index contributed by atoms with van der Waals surface area (Å²) in [6.45, 7) is 2.16. The van der Waals surface area contributed by atoms with Crippen molar-refractivity contribution in [2.75, 3.05) is 13.7 Å². The topological polar surface area (TPSA) is 108 Å². The third-order valence-electron chi connectivity index (χ3n) is 4.77. The summed E-state index contributed by atoms with van der Waals surface area (Å²) in [6, 6.07) is 11.5. The highest BCUT2D eigenvalue weighted by Crippen LogP contribution is 2.28. The van der Waals surface area contributed by atoms with E-state index in [4.69, 9.17) is 13.9 Å². The molecular formula is C21H20N2O6S. The lowest BCUT2D eigenvalue weighted by atomic mass is 10.1. The monoisotopic (exact) mass is 428 g/mol. The molecule has 1 amide bonds. The zero-order valence-corrected chi connectivity index (χ0v) is 17.3. The first-order valence-electron chi connectivity index (χ1n) is 9.32. The molecule has 0 aliphatic carbocycles. The van der Waals surface area contributed by atoms with Crippen molar-refractivity contribution < 1.29 is 27.1 Å². The molecule has 1 aliphatic rings. The number of nitrogens with zero attached hydrogens (tertiary/aromatic N) is 1. The van der Waals surface area contributed by atoms with Gasteiger partial charge in [-0.25, -0.2) is 18.1 Å². The maximum absolute atomic E-state index is 12.7. The summed E-state index contributed by atoms with van der Waals surface area (Å²) in [5, 5.41) is 0. The summed E-state index contributed by atoms with van der Waals surface area (Å²) in [5.41, 5.74) is 1.34. The summed E-state index contributed by atoms with van der Waals surface area (Å²) in [5.74, 6) is 0.908. The number of aryl methyl sites for hydroxylation is 2. The maximum atomic E-state index is 12.7. The van der Waals surface area contributed by atoms with Crippen LogP contribution in [0.1, 0.15) is 28.2 Å². The number of fused-ring (bicyclic) bond motifs is 1. The first-order chi connectivity index (χ1) is 14.4. The summed E-state index contributed by atoms with van der Waals surface area (Å²) in [6.07, 6.45) is 1.54. The first-order valence-corrected chi connectivity index (χ1v) is 10.8. The predicted molar refractivity (Wildman–Crippen MR) is 108 cm³/mol.